The largest absolute Gasteiger partial charge is 0.313 e. The van der Waals surface area contributed by atoms with Crippen LogP contribution in [0.4, 0.5) is 4.39 Å². The Morgan fingerprint density at radius 3 is 2.69 bits per heavy atom. The van der Waals surface area contributed by atoms with Gasteiger partial charge in [-0.15, -0.1) is 0 Å². The first-order valence-electron chi connectivity index (χ1n) is 4.28. The predicted molar refractivity (Wildman–Crippen MR) is 54.0 cm³/mol. The van der Waals surface area contributed by atoms with Gasteiger partial charge in [0, 0.05) is 11.6 Å². The maximum Gasteiger partial charge on any atom is 0.130 e. The van der Waals surface area contributed by atoms with E-state index in [-0.39, 0.29) is 11.9 Å². The number of hydrogen-bond donors (Lipinski definition) is 1. The molecule has 0 heterocycles. The minimum absolute atomic E-state index is 0.174. The normalized spacial score (nSPS) is 12.5. The smallest absolute Gasteiger partial charge is 0.130 e. The van der Waals surface area contributed by atoms with Crippen LogP contribution in [-0.2, 0) is 0 Å². The summed E-state index contributed by atoms with van der Waals surface area (Å²) in [6, 6.07) is 5.36. The van der Waals surface area contributed by atoms with Crippen LogP contribution >= 0.6 is 0 Å². The molecule has 1 rings (SSSR count). The summed E-state index contributed by atoms with van der Waals surface area (Å²) >= 11 is 0. The zero-order valence-electron chi connectivity index (χ0n) is 7.97. The fraction of sp³-hybridized carbons (Fsp3) is 0.273. The second-order valence-electron chi connectivity index (χ2n) is 3.00. The van der Waals surface area contributed by atoms with Crippen molar-refractivity contribution in [3.8, 4) is 0 Å². The Balaban J connectivity index is 3.02. The number of benzene rings is 1. The number of hydrogen-bond acceptors (Lipinski definition) is 1. The third-order valence-electron chi connectivity index (χ3n) is 2.18. The third-order valence-corrected chi connectivity index (χ3v) is 2.18. The van der Waals surface area contributed by atoms with Crippen molar-refractivity contribution in [1.82, 2.24) is 5.32 Å². The molecule has 2 heteroatoms. The van der Waals surface area contributed by atoms with E-state index in [0.717, 1.165) is 5.56 Å². The van der Waals surface area contributed by atoms with E-state index in [1.165, 1.54) is 12.1 Å². The molecule has 13 heavy (non-hydrogen) atoms. The highest BCUT2D eigenvalue weighted by Crippen LogP contribution is 2.16. The molecule has 1 N–H and O–H groups in total. The van der Waals surface area contributed by atoms with Crippen molar-refractivity contribution < 1.29 is 4.39 Å². The van der Waals surface area contributed by atoms with Crippen LogP contribution in [0.1, 0.15) is 24.1 Å². The van der Waals surface area contributed by atoms with Crippen LogP contribution in [0.15, 0.2) is 24.8 Å². The Morgan fingerprint density at radius 2 is 2.23 bits per heavy atom. The van der Waals surface area contributed by atoms with Gasteiger partial charge in [-0.1, -0.05) is 24.8 Å². The molecule has 0 saturated heterocycles. The fourth-order valence-electron chi connectivity index (χ4n) is 1.14. The Morgan fingerprint density at radius 1 is 1.54 bits per heavy atom. The third kappa shape index (κ3) is 2.16. The molecule has 1 aromatic rings. The standard InChI is InChI=1S/C11H14FN/c1-4-9-5-6-10(7-11(9)12)8(2)13-3/h4-8,13H,1H2,2-3H3. The molecule has 0 aliphatic rings. The molecule has 0 aliphatic heterocycles. The molecule has 1 nitrogen and oxygen atoms in total. The van der Waals surface area contributed by atoms with Crippen LogP contribution in [0.25, 0.3) is 6.08 Å². The van der Waals surface area contributed by atoms with Crippen molar-refractivity contribution in [3.05, 3.63) is 41.7 Å². The summed E-state index contributed by atoms with van der Waals surface area (Å²) in [6.07, 6.45) is 1.52. The number of nitrogens with one attached hydrogen (secondary N) is 1. The summed E-state index contributed by atoms with van der Waals surface area (Å²) in [5.41, 5.74) is 1.50. The van der Waals surface area contributed by atoms with Crippen LogP contribution in [0.2, 0.25) is 0 Å². The molecular weight excluding hydrogens is 165 g/mol. The molecule has 0 bridgehead atoms. The van der Waals surface area contributed by atoms with Gasteiger partial charge < -0.3 is 5.32 Å². The van der Waals surface area contributed by atoms with Crippen molar-refractivity contribution >= 4 is 6.08 Å². The van der Waals surface area contributed by atoms with Crippen molar-refractivity contribution in [1.29, 1.82) is 0 Å². The van der Waals surface area contributed by atoms with Crippen molar-refractivity contribution in [2.24, 2.45) is 0 Å². The summed E-state index contributed by atoms with van der Waals surface area (Å²) < 4.78 is 13.2. The van der Waals surface area contributed by atoms with Gasteiger partial charge in [0.15, 0.2) is 0 Å². The second kappa shape index (κ2) is 4.19. The van der Waals surface area contributed by atoms with E-state index >= 15 is 0 Å². The first-order chi connectivity index (χ1) is 6.19. The van der Waals surface area contributed by atoms with Crippen molar-refractivity contribution in [2.45, 2.75) is 13.0 Å². The summed E-state index contributed by atoms with van der Waals surface area (Å²) in [6.45, 7) is 5.52. The van der Waals surface area contributed by atoms with Gasteiger partial charge >= 0.3 is 0 Å². The van der Waals surface area contributed by atoms with Crippen LogP contribution in [-0.4, -0.2) is 7.05 Å². The number of halogens is 1. The average Bonchev–Trinajstić information content (AvgIpc) is 2.16. The summed E-state index contributed by atoms with van der Waals surface area (Å²) in [7, 11) is 1.85. The molecule has 70 valence electrons. The zero-order valence-corrected chi connectivity index (χ0v) is 7.97. The topological polar surface area (TPSA) is 12.0 Å². The maximum atomic E-state index is 13.2. The molecule has 1 aromatic carbocycles. The summed E-state index contributed by atoms with van der Waals surface area (Å²) in [5, 5.41) is 3.05. The van der Waals surface area contributed by atoms with Crippen LogP contribution in [0, 0.1) is 5.82 Å². The Kier molecular flexibility index (Phi) is 3.20. The highest BCUT2D eigenvalue weighted by molar-refractivity contribution is 5.48. The lowest BCUT2D eigenvalue weighted by Gasteiger charge is -2.10. The average molecular weight is 179 g/mol. The van der Waals surface area contributed by atoms with Crippen LogP contribution in [0.5, 0.6) is 0 Å². The summed E-state index contributed by atoms with van der Waals surface area (Å²) in [4.78, 5) is 0. The lowest BCUT2D eigenvalue weighted by molar-refractivity contribution is 0.606. The molecule has 1 unspecified atom stereocenters. The molecular formula is C11H14FN. The first-order valence-corrected chi connectivity index (χ1v) is 4.28. The highest BCUT2D eigenvalue weighted by atomic mass is 19.1. The molecule has 0 radical (unpaired) electrons. The van der Waals surface area contributed by atoms with Gasteiger partial charge in [-0.3, -0.25) is 0 Å². The van der Waals surface area contributed by atoms with Crippen LogP contribution in [0.3, 0.4) is 0 Å². The lowest BCUT2D eigenvalue weighted by Crippen LogP contribution is -2.12. The molecule has 0 aromatic heterocycles. The SMILES string of the molecule is C=Cc1ccc(C(C)NC)cc1F. The van der Waals surface area contributed by atoms with Crippen molar-refractivity contribution in [3.63, 3.8) is 0 Å². The Hall–Kier alpha value is -1.15. The quantitative estimate of drug-likeness (QED) is 0.752. The summed E-state index contributed by atoms with van der Waals surface area (Å²) in [5.74, 6) is -0.213. The minimum Gasteiger partial charge on any atom is -0.313 e. The van der Waals surface area contributed by atoms with E-state index in [0.29, 0.717) is 5.56 Å². The molecule has 0 fully saturated rings. The van der Waals surface area contributed by atoms with Gasteiger partial charge in [0.1, 0.15) is 5.82 Å². The molecule has 0 saturated carbocycles. The lowest BCUT2D eigenvalue weighted by atomic mass is 10.1. The monoisotopic (exact) mass is 179 g/mol. The minimum atomic E-state index is -0.213. The molecule has 1 atom stereocenters. The van der Waals surface area contributed by atoms with Gasteiger partial charge in [0.25, 0.3) is 0 Å². The predicted octanol–water partition coefficient (Wildman–Crippen LogP) is 2.75. The Bertz CT molecular complexity index is 307. The van der Waals surface area contributed by atoms with Gasteiger partial charge in [-0.2, -0.15) is 0 Å². The zero-order chi connectivity index (χ0) is 9.84. The van der Waals surface area contributed by atoms with Crippen LogP contribution < -0.4 is 5.32 Å². The maximum absolute atomic E-state index is 13.2. The Labute approximate surface area is 78.3 Å². The molecule has 0 amide bonds. The van der Waals surface area contributed by atoms with Crippen molar-refractivity contribution in [2.75, 3.05) is 7.05 Å². The molecule has 0 aliphatic carbocycles. The second-order valence-corrected chi connectivity index (χ2v) is 3.00. The van der Waals surface area contributed by atoms with Gasteiger partial charge in [0.2, 0.25) is 0 Å². The van der Waals surface area contributed by atoms with E-state index in [4.69, 9.17) is 0 Å². The fourth-order valence-corrected chi connectivity index (χ4v) is 1.14. The van der Waals surface area contributed by atoms with Gasteiger partial charge in [-0.05, 0) is 25.6 Å². The molecule has 0 spiro atoms. The van der Waals surface area contributed by atoms with E-state index in [1.807, 2.05) is 20.0 Å². The van der Waals surface area contributed by atoms with Gasteiger partial charge in [0.05, 0.1) is 0 Å². The van der Waals surface area contributed by atoms with Gasteiger partial charge in [-0.25, -0.2) is 4.39 Å². The first kappa shape index (κ1) is 9.93. The van der Waals surface area contributed by atoms with E-state index in [9.17, 15) is 4.39 Å². The van der Waals surface area contributed by atoms with E-state index in [2.05, 4.69) is 11.9 Å². The van der Waals surface area contributed by atoms with E-state index in [1.54, 1.807) is 6.07 Å². The van der Waals surface area contributed by atoms with E-state index < -0.39 is 0 Å². The highest BCUT2D eigenvalue weighted by Gasteiger charge is 2.05. The number of rotatable bonds is 3.